The van der Waals surface area contributed by atoms with Crippen LogP contribution in [-0.2, 0) is 12.8 Å². The Morgan fingerprint density at radius 1 is 1.05 bits per heavy atom. The molecule has 2 nitrogen and oxygen atoms in total. The summed E-state index contributed by atoms with van der Waals surface area (Å²) < 4.78 is 5.93. The Labute approximate surface area is 128 Å². The Bertz CT molecular complexity index is 503. The number of hydrogen-bond donors (Lipinski definition) is 1. The van der Waals surface area contributed by atoms with Gasteiger partial charge in [0.1, 0.15) is 11.5 Å². The number of rotatable bonds is 9. The summed E-state index contributed by atoms with van der Waals surface area (Å²) in [6, 6.07) is 15.3. The lowest BCUT2D eigenvalue weighted by atomic mass is 10.0. The van der Waals surface area contributed by atoms with Crippen molar-refractivity contribution in [1.29, 1.82) is 0 Å². The first-order valence-electron chi connectivity index (χ1n) is 8.19. The van der Waals surface area contributed by atoms with Crippen molar-refractivity contribution in [3.8, 4) is 0 Å². The molecule has 1 aromatic carbocycles. The molecule has 2 heteroatoms. The average Bonchev–Trinajstić information content (AvgIpc) is 3.00. The van der Waals surface area contributed by atoms with Crippen molar-refractivity contribution in [3.63, 3.8) is 0 Å². The van der Waals surface area contributed by atoms with E-state index in [0.29, 0.717) is 6.04 Å². The zero-order valence-corrected chi connectivity index (χ0v) is 13.3. The maximum Gasteiger partial charge on any atom is 0.121 e. The first-order chi connectivity index (χ1) is 10.3. The predicted molar refractivity (Wildman–Crippen MR) is 88.5 cm³/mol. The minimum atomic E-state index is 0.342. The van der Waals surface area contributed by atoms with E-state index in [1.807, 2.05) is 0 Å². The Balaban J connectivity index is 1.90. The molecule has 0 saturated heterocycles. The second-order valence-electron chi connectivity index (χ2n) is 5.54. The van der Waals surface area contributed by atoms with E-state index in [0.717, 1.165) is 43.7 Å². The Kier molecular flexibility index (Phi) is 6.55. The number of benzene rings is 1. The van der Waals surface area contributed by atoms with Gasteiger partial charge in [0.2, 0.25) is 0 Å². The molecule has 0 bridgehead atoms. The van der Waals surface area contributed by atoms with Crippen molar-refractivity contribution in [2.24, 2.45) is 0 Å². The van der Waals surface area contributed by atoms with Crippen molar-refractivity contribution in [1.82, 2.24) is 5.32 Å². The van der Waals surface area contributed by atoms with Crippen LogP contribution in [0.3, 0.4) is 0 Å². The number of nitrogens with one attached hydrogen (secondary N) is 1. The van der Waals surface area contributed by atoms with Crippen LogP contribution in [0.25, 0.3) is 0 Å². The summed E-state index contributed by atoms with van der Waals surface area (Å²) in [6.45, 7) is 5.37. The zero-order valence-electron chi connectivity index (χ0n) is 13.3. The lowest BCUT2D eigenvalue weighted by molar-refractivity contribution is 0.375. The van der Waals surface area contributed by atoms with Gasteiger partial charge in [-0.3, -0.25) is 0 Å². The molecule has 2 rings (SSSR count). The van der Waals surface area contributed by atoms with Gasteiger partial charge in [-0.05, 0) is 49.9 Å². The summed E-state index contributed by atoms with van der Waals surface area (Å²) in [6.07, 6.45) is 5.53. The van der Waals surface area contributed by atoms with Gasteiger partial charge in [0.15, 0.2) is 0 Å². The fraction of sp³-hybridized carbons (Fsp3) is 0.474. The summed E-state index contributed by atoms with van der Waals surface area (Å²) in [7, 11) is 0. The van der Waals surface area contributed by atoms with Crippen LogP contribution >= 0.6 is 0 Å². The smallest absolute Gasteiger partial charge is 0.121 e. The normalized spacial score (nSPS) is 12.5. The van der Waals surface area contributed by atoms with Gasteiger partial charge in [0, 0.05) is 6.42 Å². The molecule has 0 aliphatic heterocycles. The summed E-state index contributed by atoms with van der Waals surface area (Å²) in [5.41, 5.74) is 1.42. The van der Waals surface area contributed by atoms with Crippen LogP contribution in [0.5, 0.6) is 0 Å². The van der Waals surface area contributed by atoms with Crippen LogP contribution < -0.4 is 5.32 Å². The summed E-state index contributed by atoms with van der Waals surface area (Å²) in [5.74, 6) is 2.17. The molecule has 0 radical (unpaired) electrons. The highest BCUT2D eigenvalue weighted by molar-refractivity contribution is 5.15. The van der Waals surface area contributed by atoms with Crippen LogP contribution in [-0.4, -0.2) is 6.54 Å². The average molecular weight is 285 g/mol. The van der Waals surface area contributed by atoms with Gasteiger partial charge in [-0.25, -0.2) is 0 Å². The third kappa shape index (κ3) is 5.05. The van der Waals surface area contributed by atoms with Gasteiger partial charge in [-0.2, -0.15) is 0 Å². The van der Waals surface area contributed by atoms with E-state index in [4.69, 9.17) is 4.42 Å². The van der Waals surface area contributed by atoms with E-state index in [9.17, 15) is 0 Å². The second kappa shape index (κ2) is 8.68. The Morgan fingerprint density at radius 2 is 1.86 bits per heavy atom. The monoisotopic (exact) mass is 285 g/mol. The molecule has 0 amide bonds. The van der Waals surface area contributed by atoms with E-state index in [1.165, 1.54) is 12.0 Å². The summed E-state index contributed by atoms with van der Waals surface area (Å²) in [4.78, 5) is 0. The fourth-order valence-corrected chi connectivity index (χ4v) is 2.59. The van der Waals surface area contributed by atoms with Gasteiger partial charge >= 0.3 is 0 Å². The van der Waals surface area contributed by atoms with Crippen LogP contribution in [0.15, 0.2) is 46.9 Å². The van der Waals surface area contributed by atoms with E-state index in [2.05, 4.69) is 61.6 Å². The van der Waals surface area contributed by atoms with Crippen LogP contribution in [0.2, 0.25) is 0 Å². The molecule has 0 spiro atoms. The van der Waals surface area contributed by atoms with E-state index in [1.54, 1.807) is 0 Å². The molecule has 0 saturated carbocycles. The molecule has 1 aromatic heterocycles. The molecule has 114 valence electrons. The molecular formula is C19H27NO. The van der Waals surface area contributed by atoms with Crippen molar-refractivity contribution in [2.75, 3.05) is 6.54 Å². The van der Waals surface area contributed by atoms with E-state index >= 15 is 0 Å². The number of hydrogen-bond acceptors (Lipinski definition) is 2. The highest BCUT2D eigenvalue weighted by Crippen LogP contribution is 2.22. The van der Waals surface area contributed by atoms with Crippen LogP contribution in [0.1, 0.15) is 56.2 Å². The van der Waals surface area contributed by atoms with Gasteiger partial charge < -0.3 is 9.73 Å². The Morgan fingerprint density at radius 3 is 2.52 bits per heavy atom. The summed E-state index contributed by atoms with van der Waals surface area (Å²) >= 11 is 0. The first kappa shape index (κ1) is 15.8. The second-order valence-corrected chi connectivity index (χ2v) is 5.54. The Hall–Kier alpha value is -1.54. The van der Waals surface area contributed by atoms with Gasteiger partial charge in [0.05, 0.1) is 6.04 Å². The molecule has 1 N–H and O–H groups in total. The lowest BCUT2D eigenvalue weighted by Crippen LogP contribution is -2.21. The van der Waals surface area contributed by atoms with E-state index in [-0.39, 0.29) is 0 Å². The topological polar surface area (TPSA) is 25.2 Å². The minimum absolute atomic E-state index is 0.342. The highest BCUT2D eigenvalue weighted by atomic mass is 16.3. The van der Waals surface area contributed by atoms with E-state index < -0.39 is 0 Å². The van der Waals surface area contributed by atoms with Gasteiger partial charge in [0.25, 0.3) is 0 Å². The molecule has 1 unspecified atom stereocenters. The van der Waals surface area contributed by atoms with Crippen molar-refractivity contribution >= 4 is 0 Å². The molecule has 0 aliphatic carbocycles. The predicted octanol–water partition coefficient (Wildman–Crippen LogP) is 4.91. The molecule has 2 aromatic rings. The summed E-state index contributed by atoms with van der Waals surface area (Å²) in [5, 5.41) is 3.62. The number of aryl methyl sites for hydroxylation is 2. The quantitative estimate of drug-likeness (QED) is 0.708. The van der Waals surface area contributed by atoms with Gasteiger partial charge in [-0.1, -0.05) is 44.2 Å². The maximum absolute atomic E-state index is 5.93. The minimum Gasteiger partial charge on any atom is -0.464 e. The largest absolute Gasteiger partial charge is 0.464 e. The van der Waals surface area contributed by atoms with Crippen molar-refractivity contribution < 1.29 is 4.42 Å². The molecule has 1 atom stereocenters. The fourth-order valence-electron chi connectivity index (χ4n) is 2.59. The maximum atomic E-state index is 5.93. The van der Waals surface area contributed by atoms with Crippen molar-refractivity contribution in [3.05, 3.63) is 59.5 Å². The third-order valence-electron chi connectivity index (χ3n) is 3.82. The van der Waals surface area contributed by atoms with Crippen molar-refractivity contribution in [2.45, 2.75) is 52.0 Å². The zero-order chi connectivity index (χ0) is 14.9. The molecule has 0 aliphatic rings. The van der Waals surface area contributed by atoms with Crippen LogP contribution in [0.4, 0.5) is 0 Å². The third-order valence-corrected chi connectivity index (χ3v) is 3.82. The molecular weight excluding hydrogens is 258 g/mol. The number of furan rings is 1. The SMILES string of the molecule is CCCNC(CCCc1ccccc1)c1ccc(CC)o1. The standard InChI is InChI=1S/C19H27NO/c1-3-15-20-18(19-14-13-17(4-2)21-19)12-8-11-16-9-6-5-7-10-16/h5-7,9-10,13-14,18,20H,3-4,8,11-12,15H2,1-2H3. The molecule has 1 heterocycles. The first-order valence-corrected chi connectivity index (χ1v) is 8.19. The van der Waals surface area contributed by atoms with Crippen LogP contribution in [0, 0.1) is 0 Å². The lowest BCUT2D eigenvalue weighted by Gasteiger charge is -2.16. The molecule has 0 fully saturated rings. The highest BCUT2D eigenvalue weighted by Gasteiger charge is 2.14. The molecule has 21 heavy (non-hydrogen) atoms. The van der Waals surface area contributed by atoms with Gasteiger partial charge in [-0.15, -0.1) is 0 Å².